The molecule has 1 atom stereocenters. The van der Waals surface area contributed by atoms with Crippen LogP contribution < -0.4 is 0 Å². The van der Waals surface area contributed by atoms with Crippen LogP contribution in [0.5, 0.6) is 0 Å². The second-order valence-electron chi connectivity index (χ2n) is 6.40. The van der Waals surface area contributed by atoms with Crippen LogP contribution in [0.3, 0.4) is 0 Å². The van der Waals surface area contributed by atoms with Crippen molar-refractivity contribution in [1.29, 1.82) is 0 Å². The molecule has 0 bridgehead atoms. The maximum atomic E-state index is 5.87. The Morgan fingerprint density at radius 2 is 2.21 bits per heavy atom. The van der Waals surface area contributed by atoms with Crippen LogP contribution in [0.2, 0.25) is 0 Å². The van der Waals surface area contributed by atoms with Crippen molar-refractivity contribution in [2.45, 2.75) is 33.0 Å². The highest BCUT2D eigenvalue weighted by molar-refractivity contribution is 5.34. The van der Waals surface area contributed by atoms with Gasteiger partial charge in [-0.25, -0.2) is 9.97 Å². The summed E-state index contributed by atoms with van der Waals surface area (Å²) in [5.74, 6) is 0.781. The fourth-order valence-corrected chi connectivity index (χ4v) is 3.28. The number of hydrogen-bond acceptors (Lipinski definition) is 5. The molecule has 1 aliphatic rings. The summed E-state index contributed by atoms with van der Waals surface area (Å²) in [5.41, 5.74) is 3.22. The van der Waals surface area contributed by atoms with E-state index in [1.165, 1.54) is 0 Å². The standard InChI is InChI=1S/C17H22N6O/c1-13-8-14(2)23-10-15(20-17(23)19-13)9-21-6-7-24-16(11-21)12-22-5-3-4-18-22/h3-5,8,10,16H,6-7,9,11-12H2,1-2H3. The molecule has 0 amide bonds. The molecule has 0 N–H and O–H groups in total. The Balaban J connectivity index is 1.45. The lowest BCUT2D eigenvalue weighted by molar-refractivity contribution is -0.0405. The number of aromatic nitrogens is 5. The van der Waals surface area contributed by atoms with E-state index in [0.29, 0.717) is 0 Å². The van der Waals surface area contributed by atoms with Gasteiger partial charge in [0.25, 0.3) is 0 Å². The summed E-state index contributed by atoms with van der Waals surface area (Å²) >= 11 is 0. The molecule has 7 heteroatoms. The molecule has 0 spiro atoms. The van der Waals surface area contributed by atoms with Gasteiger partial charge in [0, 0.05) is 49.6 Å². The van der Waals surface area contributed by atoms with Crippen LogP contribution in [-0.4, -0.2) is 54.8 Å². The first kappa shape index (κ1) is 15.3. The quantitative estimate of drug-likeness (QED) is 0.726. The van der Waals surface area contributed by atoms with Crippen LogP contribution >= 0.6 is 0 Å². The van der Waals surface area contributed by atoms with Crippen LogP contribution in [0.25, 0.3) is 5.78 Å². The van der Waals surface area contributed by atoms with Crippen molar-refractivity contribution in [1.82, 2.24) is 29.0 Å². The molecule has 0 aliphatic carbocycles. The topological polar surface area (TPSA) is 60.5 Å². The van der Waals surface area contributed by atoms with Crippen molar-refractivity contribution in [2.24, 2.45) is 0 Å². The molecule has 1 unspecified atom stereocenters. The number of morpholine rings is 1. The molecule has 1 saturated heterocycles. The third-order valence-electron chi connectivity index (χ3n) is 4.37. The van der Waals surface area contributed by atoms with Gasteiger partial charge in [-0.2, -0.15) is 5.10 Å². The van der Waals surface area contributed by atoms with Crippen LogP contribution in [0.4, 0.5) is 0 Å². The average molecular weight is 326 g/mol. The minimum atomic E-state index is 0.165. The minimum absolute atomic E-state index is 0.165. The largest absolute Gasteiger partial charge is 0.374 e. The molecule has 4 heterocycles. The molecular formula is C17H22N6O. The molecular weight excluding hydrogens is 304 g/mol. The molecule has 0 radical (unpaired) electrons. The van der Waals surface area contributed by atoms with E-state index >= 15 is 0 Å². The molecule has 126 valence electrons. The molecule has 7 nitrogen and oxygen atoms in total. The Bertz CT molecular complexity index is 825. The Kier molecular flexibility index (Phi) is 4.03. The molecule has 4 rings (SSSR count). The van der Waals surface area contributed by atoms with Crippen molar-refractivity contribution < 1.29 is 4.74 Å². The van der Waals surface area contributed by atoms with E-state index in [1.54, 1.807) is 6.20 Å². The predicted octanol–water partition coefficient (Wildman–Crippen LogP) is 1.44. The van der Waals surface area contributed by atoms with Crippen LogP contribution in [-0.2, 0) is 17.8 Å². The Morgan fingerprint density at radius 1 is 1.29 bits per heavy atom. The Labute approximate surface area is 140 Å². The van der Waals surface area contributed by atoms with E-state index in [4.69, 9.17) is 4.74 Å². The molecule has 1 fully saturated rings. The van der Waals surface area contributed by atoms with Gasteiger partial charge in [0.05, 0.1) is 24.9 Å². The zero-order valence-electron chi connectivity index (χ0n) is 14.1. The van der Waals surface area contributed by atoms with E-state index < -0.39 is 0 Å². The SMILES string of the molecule is Cc1cc(C)n2cc(CN3CCOC(Cn4cccn4)C3)nc2n1. The predicted molar refractivity (Wildman–Crippen MR) is 89.7 cm³/mol. The lowest BCUT2D eigenvalue weighted by atomic mass is 10.2. The normalized spacial score (nSPS) is 19.2. The lowest BCUT2D eigenvalue weighted by Gasteiger charge is -2.32. The van der Waals surface area contributed by atoms with Crippen LogP contribution in [0.15, 0.2) is 30.7 Å². The molecule has 24 heavy (non-hydrogen) atoms. The first-order chi connectivity index (χ1) is 11.7. The number of fused-ring (bicyclic) bond motifs is 1. The van der Waals surface area contributed by atoms with Crippen molar-refractivity contribution in [3.63, 3.8) is 0 Å². The summed E-state index contributed by atoms with van der Waals surface area (Å²) < 4.78 is 9.86. The van der Waals surface area contributed by atoms with Gasteiger partial charge in [0.2, 0.25) is 5.78 Å². The van der Waals surface area contributed by atoms with E-state index in [1.807, 2.05) is 23.9 Å². The van der Waals surface area contributed by atoms with Gasteiger partial charge in [-0.3, -0.25) is 14.0 Å². The van der Waals surface area contributed by atoms with Gasteiger partial charge < -0.3 is 4.74 Å². The average Bonchev–Trinajstić information content (AvgIpc) is 3.17. The van der Waals surface area contributed by atoms with Crippen LogP contribution in [0, 0.1) is 13.8 Å². The second-order valence-corrected chi connectivity index (χ2v) is 6.40. The molecule has 3 aromatic heterocycles. The Hall–Kier alpha value is -2.25. The fourth-order valence-electron chi connectivity index (χ4n) is 3.28. The van der Waals surface area contributed by atoms with Crippen molar-refractivity contribution >= 4 is 5.78 Å². The summed E-state index contributed by atoms with van der Waals surface area (Å²) in [6.45, 7) is 8.25. The number of rotatable bonds is 4. The van der Waals surface area contributed by atoms with Gasteiger partial charge in [-0.15, -0.1) is 0 Å². The number of hydrogen-bond donors (Lipinski definition) is 0. The Morgan fingerprint density at radius 3 is 3.04 bits per heavy atom. The molecule has 0 saturated carbocycles. The first-order valence-corrected chi connectivity index (χ1v) is 8.31. The number of aryl methyl sites for hydroxylation is 2. The van der Waals surface area contributed by atoms with E-state index in [2.05, 4.69) is 43.6 Å². The third kappa shape index (κ3) is 3.18. The molecule has 3 aromatic rings. The summed E-state index contributed by atoms with van der Waals surface area (Å²) in [6.07, 6.45) is 6.03. The maximum absolute atomic E-state index is 5.87. The highest BCUT2D eigenvalue weighted by Gasteiger charge is 2.22. The molecule has 1 aliphatic heterocycles. The highest BCUT2D eigenvalue weighted by Crippen LogP contribution is 2.13. The van der Waals surface area contributed by atoms with E-state index in [-0.39, 0.29) is 6.10 Å². The zero-order chi connectivity index (χ0) is 16.5. The zero-order valence-corrected chi connectivity index (χ0v) is 14.1. The first-order valence-electron chi connectivity index (χ1n) is 8.31. The third-order valence-corrected chi connectivity index (χ3v) is 4.37. The molecule has 0 aromatic carbocycles. The van der Waals surface area contributed by atoms with E-state index in [0.717, 1.165) is 55.6 Å². The van der Waals surface area contributed by atoms with Gasteiger partial charge in [-0.05, 0) is 26.0 Å². The van der Waals surface area contributed by atoms with Gasteiger partial charge >= 0.3 is 0 Å². The maximum Gasteiger partial charge on any atom is 0.234 e. The number of imidazole rings is 1. The second kappa shape index (κ2) is 6.33. The summed E-state index contributed by atoms with van der Waals surface area (Å²) in [4.78, 5) is 11.6. The monoisotopic (exact) mass is 326 g/mol. The highest BCUT2D eigenvalue weighted by atomic mass is 16.5. The van der Waals surface area contributed by atoms with Gasteiger partial charge in [0.15, 0.2) is 0 Å². The van der Waals surface area contributed by atoms with Crippen molar-refractivity contribution in [2.75, 3.05) is 19.7 Å². The van der Waals surface area contributed by atoms with Crippen molar-refractivity contribution in [3.05, 3.63) is 47.8 Å². The summed E-state index contributed by atoms with van der Waals surface area (Å²) in [6, 6.07) is 4.02. The van der Waals surface area contributed by atoms with Gasteiger partial charge in [-0.1, -0.05) is 0 Å². The smallest absolute Gasteiger partial charge is 0.234 e. The summed E-state index contributed by atoms with van der Waals surface area (Å²) in [7, 11) is 0. The number of ether oxygens (including phenoxy) is 1. The van der Waals surface area contributed by atoms with Gasteiger partial charge in [0.1, 0.15) is 0 Å². The minimum Gasteiger partial charge on any atom is -0.374 e. The van der Waals surface area contributed by atoms with Crippen LogP contribution in [0.1, 0.15) is 17.1 Å². The van der Waals surface area contributed by atoms with Crippen molar-refractivity contribution in [3.8, 4) is 0 Å². The van der Waals surface area contributed by atoms with E-state index in [9.17, 15) is 0 Å². The lowest BCUT2D eigenvalue weighted by Crippen LogP contribution is -2.43. The summed E-state index contributed by atoms with van der Waals surface area (Å²) in [5, 5.41) is 4.26. The number of nitrogens with zero attached hydrogens (tertiary/aromatic N) is 6. The fraction of sp³-hybridized carbons (Fsp3) is 0.471.